The van der Waals surface area contributed by atoms with Gasteiger partial charge in [0.05, 0.1) is 5.25 Å². The summed E-state index contributed by atoms with van der Waals surface area (Å²) in [6, 6.07) is 9.84. The Morgan fingerprint density at radius 2 is 2.06 bits per heavy atom. The maximum absolute atomic E-state index is 11.4. The fraction of sp³-hybridized carbons (Fsp3) is 0.417. The summed E-state index contributed by atoms with van der Waals surface area (Å²) in [5.41, 5.74) is 1.16. The minimum absolute atomic E-state index is 0.0813. The molecule has 0 heterocycles. The van der Waals surface area contributed by atoms with E-state index in [0.717, 1.165) is 12.0 Å². The van der Waals surface area contributed by atoms with Crippen LogP contribution < -0.4 is 5.32 Å². The molecule has 4 nitrogen and oxygen atoms in total. The second-order valence-corrected chi connectivity index (χ2v) is 5.23. The highest BCUT2D eigenvalue weighted by Crippen LogP contribution is 2.00. The fourth-order valence-corrected chi connectivity index (χ4v) is 1.69. The van der Waals surface area contributed by atoms with Crippen molar-refractivity contribution in [2.45, 2.75) is 25.0 Å². The molecular formula is C12H17NO3S. The molecule has 17 heavy (non-hydrogen) atoms. The lowest BCUT2D eigenvalue weighted by Crippen LogP contribution is -2.29. The smallest absolute Gasteiger partial charge is 0.221 e. The van der Waals surface area contributed by atoms with Crippen LogP contribution in [-0.2, 0) is 22.3 Å². The topological polar surface area (TPSA) is 66.4 Å². The minimum Gasteiger partial charge on any atom is -0.356 e. The van der Waals surface area contributed by atoms with Crippen molar-refractivity contribution in [2.24, 2.45) is 0 Å². The molecule has 0 saturated carbocycles. The summed E-state index contributed by atoms with van der Waals surface area (Å²) >= 11 is -1.93. The van der Waals surface area contributed by atoms with E-state index in [1.807, 2.05) is 30.3 Å². The molecule has 0 saturated heterocycles. The van der Waals surface area contributed by atoms with E-state index < -0.39 is 16.3 Å². The molecule has 0 radical (unpaired) electrons. The van der Waals surface area contributed by atoms with Crippen LogP contribution in [0, 0.1) is 0 Å². The summed E-state index contributed by atoms with van der Waals surface area (Å²) in [5, 5.41) is 2.21. The molecule has 0 spiro atoms. The first-order chi connectivity index (χ1) is 8.09. The second kappa shape index (κ2) is 7.19. The highest BCUT2D eigenvalue weighted by molar-refractivity contribution is 7.79. The Bertz CT molecular complexity index is 381. The van der Waals surface area contributed by atoms with Gasteiger partial charge in [0.25, 0.3) is 0 Å². The first-order valence-electron chi connectivity index (χ1n) is 5.50. The van der Waals surface area contributed by atoms with Crippen molar-refractivity contribution in [3.63, 3.8) is 0 Å². The first kappa shape index (κ1) is 13.9. The van der Waals surface area contributed by atoms with E-state index in [2.05, 4.69) is 5.32 Å². The number of benzene rings is 1. The van der Waals surface area contributed by atoms with Gasteiger partial charge < -0.3 is 9.87 Å². The average molecular weight is 255 g/mol. The van der Waals surface area contributed by atoms with Gasteiger partial charge in [-0.3, -0.25) is 4.79 Å². The molecule has 2 unspecified atom stereocenters. The van der Waals surface area contributed by atoms with Crippen molar-refractivity contribution < 1.29 is 13.6 Å². The van der Waals surface area contributed by atoms with Gasteiger partial charge in [-0.2, -0.15) is 0 Å². The molecule has 0 aliphatic rings. The van der Waals surface area contributed by atoms with Gasteiger partial charge in [0.15, 0.2) is 11.1 Å². The maximum atomic E-state index is 11.4. The SMILES string of the molecule is CC(CC(=O)NCCc1ccccc1)S(=O)O. The predicted octanol–water partition coefficient (Wildman–Crippen LogP) is 1.35. The number of hydrogen-bond acceptors (Lipinski definition) is 2. The Morgan fingerprint density at radius 3 is 2.65 bits per heavy atom. The zero-order valence-corrected chi connectivity index (χ0v) is 10.6. The molecule has 0 aliphatic heterocycles. The third kappa shape index (κ3) is 5.60. The van der Waals surface area contributed by atoms with E-state index in [-0.39, 0.29) is 12.3 Å². The maximum Gasteiger partial charge on any atom is 0.221 e. The molecule has 94 valence electrons. The van der Waals surface area contributed by atoms with Crippen LogP contribution in [0.15, 0.2) is 30.3 Å². The van der Waals surface area contributed by atoms with E-state index >= 15 is 0 Å². The van der Waals surface area contributed by atoms with Crippen LogP contribution in [0.3, 0.4) is 0 Å². The molecule has 2 atom stereocenters. The van der Waals surface area contributed by atoms with Crippen molar-refractivity contribution in [1.82, 2.24) is 5.32 Å². The van der Waals surface area contributed by atoms with Crippen LogP contribution in [0.4, 0.5) is 0 Å². The van der Waals surface area contributed by atoms with Crippen LogP contribution in [0.2, 0.25) is 0 Å². The van der Waals surface area contributed by atoms with Crippen LogP contribution >= 0.6 is 0 Å². The van der Waals surface area contributed by atoms with Crippen LogP contribution in [0.1, 0.15) is 18.9 Å². The molecular weight excluding hydrogens is 238 g/mol. The summed E-state index contributed by atoms with van der Waals surface area (Å²) in [4.78, 5) is 11.4. The third-order valence-corrected chi connectivity index (χ3v) is 3.25. The normalized spacial score (nSPS) is 14.0. The average Bonchev–Trinajstić information content (AvgIpc) is 2.30. The fourth-order valence-electron chi connectivity index (χ4n) is 1.40. The van der Waals surface area contributed by atoms with Crippen LogP contribution in [-0.4, -0.2) is 26.5 Å². The lowest BCUT2D eigenvalue weighted by atomic mass is 10.1. The van der Waals surface area contributed by atoms with Gasteiger partial charge in [-0.05, 0) is 18.9 Å². The molecule has 0 aliphatic carbocycles. The molecule has 1 aromatic rings. The summed E-state index contributed by atoms with van der Waals surface area (Å²) in [7, 11) is 0. The quantitative estimate of drug-likeness (QED) is 0.754. The number of rotatable bonds is 6. The summed E-state index contributed by atoms with van der Waals surface area (Å²) < 4.78 is 19.4. The molecule has 0 aromatic heterocycles. The Kier molecular flexibility index (Phi) is 5.86. The van der Waals surface area contributed by atoms with Crippen molar-refractivity contribution in [3.05, 3.63) is 35.9 Å². The monoisotopic (exact) mass is 255 g/mol. The molecule has 5 heteroatoms. The number of amides is 1. The van der Waals surface area contributed by atoms with E-state index in [1.165, 1.54) is 0 Å². The highest BCUT2D eigenvalue weighted by atomic mass is 32.2. The molecule has 0 bridgehead atoms. The van der Waals surface area contributed by atoms with Gasteiger partial charge in [-0.1, -0.05) is 30.3 Å². The van der Waals surface area contributed by atoms with Crippen molar-refractivity contribution in [1.29, 1.82) is 0 Å². The van der Waals surface area contributed by atoms with E-state index in [0.29, 0.717) is 6.54 Å². The first-order valence-corrected chi connectivity index (χ1v) is 6.67. The molecule has 2 N–H and O–H groups in total. The van der Waals surface area contributed by atoms with E-state index in [4.69, 9.17) is 4.55 Å². The van der Waals surface area contributed by atoms with E-state index in [9.17, 15) is 9.00 Å². The Hall–Kier alpha value is -1.20. The largest absolute Gasteiger partial charge is 0.356 e. The Balaban J connectivity index is 2.23. The molecule has 1 rings (SSSR count). The van der Waals surface area contributed by atoms with Gasteiger partial charge in [0.2, 0.25) is 5.91 Å². The molecule has 1 amide bonds. The predicted molar refractivity (Wildman–Crippen MR) is 68.0 cm³/mol. The lowest BCUT2D eigenvalue weighted by molar-refractivity contribution is -0.121. The molecule has 0 fully saturated rings. The number of carbonyl (C=O) groups is 1. The Labute approximate surface area is 104 Å². The van der Waals surface area contributed by atoms with Gasteiger partial charge in [-0.25, -0.2) is 4.21 Å². The van der Waals surface area contributed by atoms with Gasteiger partial charge >= 0.3 is 0 Å². The second-order valence-electron chi connectivity index (χ2n) is 3.88. The highest BCUT2D eigenvalue weighted by Gasteiger charge is 2.13. The minimum atomic E-state index is -1.93. The zero-order valence-electron chi connectivity index (χ0n) is 9.76. The third-order valence-electron chi connectivity index (χ3n) is 2.40. The lowest BCUT2D eigenvalue weighted by Gasteiger charge is -2.08. The number of carbonyl (C=O) groups excluding carboxylic acids is 1. The van der Waals surface area contributed by atoms with E-state index in [1.54, 1.807) is 6.92 Å². The number of hydrogen-bond donors (Lipinski definition) is 2. The van der Waals surface area contributed by atoms with Crippen molar-refractivity contribution >= 4 is 17.0 Å². The van der Waals surface area contributed by atoms with Crippen LogP contribution in [0.25, 0.3) is 0 Å². The summed E-state index contributed by atoms with van der Waals surface area (Å²) in [6.45, 7) is 2.13. The van der Waals surface area contributed by atoms with Gasteiger partial charge in [0.1, 0.15) is 0 Å². The van der Waals surface area contributed by atoms with Gasteiger partial charge in [-0.15, -0.1) is 0 Å². The summed E-state index contributed by atoms with van der Waals surface area (Å²) in [5.74, 6) is -0.184. The Morgan fingerprint density at radius 1 is 1.41 bits per heavy atom. The standard InChI is InChI=1S/C12H17NO3S/c1-10(17(15)16)9-12(14)13-8-7-11-5-3-2-4-6-11/h2-6,10H,7-9H2,1H3,(H,13,14)(H,15,16). The van der Waals surface area contributed by atoms with Crippen molar-refractivity contribution in [3.8, 4) is 0 Å². The number of nitrogens with one attached hydrogen (secondary N) is 1. The molecule has 1 aromatic carbocycles. The van der Waals surface area contributed by atoms with Crippen LogP contribution in [0.5, 0.6) is 0 Å². The van der Waals surface area contributed by atoms with Gasteiger partial charge in [0, 0.05) is 13.0 Å². The van der Waals surface area contributed by atoms with Crippen molar-refractivity contribution in [2.75, 3.05) is 6.54 Å². The summed E-state index contributed by atoms with van der Waals surface area (Å²) in [6.07, 6.45) is 0.848. The zero-order chi connectivity index (χ0) is 12.7.